The topological polar surface area (TPSA) is 96.2 Å². The lowest BCUT2D eigenvalue weighted by Gasteiger charge is -2.23. The molecule has 1 unspecified atom stereocenters. The van der Waals surface area contributed by atoms with Crippen molar-refractivity contribution in [2.75, 3.05) is 23.7 Å². The lowest BCUT2D eigenvalue weighted by atomic mass is 9.92. The Morgan fingerprint density at radius 1 is 1.19 bits per heavy atom. The number of primary amides is 1. The van der Waals surface area contributed by atoms with Gasteiger partial charge < -0.3 is 21.7 Å². The van der Waals surface area contributed by atoms with Gasteiger partial charge in [0.25, 0.3) is 0 Å². The van der Waals surface area contributed by atoms with E-state index in [1.807, 2.05) is 6.07 Å². The van der Waals surface area contributed by atoms with Crippen molar-refractivity contribution in [1.82, 2.24) is 5.32 Å². The molecule has 2 aliphatic rings. The predicted octanol–water partition coefficient (Wildman–Crippen LogP) is 1.51. The molecule has 1 saturated heterocycles. The Kier molecular flexibility index (Phi) is 3.55. The van der Waals surface area contributed by atoms with Crippen LogP contribution >= 0.6 is 0 Å². The smallest absolute Gasteiger partial charge is 0.316 e. The van der Waals surface area contributed by atoms with Gasteiger partial charge in [0.1, 0.15) is 0 Å². The molecule has 1 atom stereocenters. The van der Waals surface area contributed by atoms with Crippen LogP contribution in [0.25, 0.3) is 0 Å². The Hall–Kier alpha value is -2.08. The van der Waals surface area contributed by atoms with Crippen molar-refractivity contribution in [3.05, 3.63) is 24.3 Å². The second-order valence-corrected chi connectivity index (χ2v) is 5.93. The fraction of sp³-hybridized carbons (Fsp3) is 0.467. The van der Waals surface area contributed by atoms with Gasteiger partial charge >= 0.3 is 6.03 Å². The fourth-order valence-corrected chi connectivity index (χ4v) is 3.24. The summed E-state index contributed by atoms with van der Waals surface area (Å²) >= 11 is 0. The monoisotopic (exact) mass is 288 g/mol. The average Bonchev–Trinajstić information content (AvgIpc) is 3.13. The molecule has 1 aliphatic carbocycles. The molecule has 0 bridgehead atoms. The molecule has 2 fully saturated rings. The number of carbonyl (C=O) groups is 2. The van der Waals surface area contributed by atoms with Gasteiger partial charge in [0, 0.05) is 17.3 Å². The molecule has 1 aromatic rings. The van der Waals surface area contributed by atoms with Gasteiger partial charge in [-0.25, -0.2) is 4.79 Å². The number of rotatable bonds is 3. The molecule has 5 N–H and O–H groups in total. The Morgan fingerprint density at radius 3 is 2.52 bits per heavy atom. The Balaban J connectivity index is 1.62. The molecule has 1 heterocycles. The zero-order valence-electron chi connectivity index (χ0n) is 11.8. The summed E-state index contributed by atoms with van der Waals surface area (Å²) in [6.45, 7) is 2.00. The molecule has 112 valence electrons. The van der Waals surface area contributed by atoms with E-state index in [-0.39, 0.29) is 17.2 Å². The van der Waals surface area contributed by atoms with Crippen molar-refractivity contribution >= 4 is 23.3 Å². The fourth-order valence-electron chi connectivity index (χ4n) is 3.24. The lowest BCUT2D eigenvalue weighted by molar-refractivity contribution is -0.118. The van der Waals surface area contributed by atoms with Gasteiger partial charge in [0.15, 0.2) is 0 Å². The number of nitrogens with two attached hydrogens (primary N) is 1. The van der Waals surface area contributed by atoms with Gasteiger partial charge in [-0.05, 0) is 56.0 Å². The van der Waals surface area contributed by atoms with Crippen LogP contribution in [0.15, 0.2) is 24.3 Å². The van der Waals surface area contributed by atoms with E-state index in [4.69, 9.17) is 5.73 Å². The van der Waals surface area contributed by atoms with Crippen LogP contribution in [0, 0.1) is 11.3 Å². The van der Waals surface area contributed by atoms with Gasteiger partial charge in [-0.3, -0.25) is 4.79 Å². The van der Waals surface area contributed by atoms with E-state index in [2.05, 4.69) is 16.0 Å². The Bertz CT molecular complexity index is 567. The van der Waals surface area contributed by atoms with E-state index in [0.29, 0.717) is 11.4 Å². The van der Waals surface area contributed by atoms with Gasteiger partial charge in [-0.2, -0.15) is 0 Å². The van der Waals surface area contributed by atoms with Crippen LogP contribution < -0.4 is 21.7 Å². The zero-order valence-corrected chi connectivity index (χ0v) is 11.8. The van der Waals surface area contributed by atoms with E-state index >= 15 is 0 Å². The quantitative estimate of drug-likeness (QED) is 0.678. The number of carbonyl (C=O) groups excluding carboxylic acids is 2. The molecule has 1 aliphatic heterocycles. The first-order chi connectivity index (χ1) is 10.1. The Labute approximate surface area is 123 Å². The minimum Gasteiger partial charge on any atom is -0.351 e. The van der Waals surface area contributed by atoms with Crippen LogP contribution in [-0.2, 0) is 4.79 Å². The zero-order chi connectivity index (χ0) is 14.9. The second kappa shape index (κ2) is 5.37. The second-order valence-electron chi connectivity index (χ2n) is 5.93. The summed E-state index contributed by atoms with van der Waals surface area (Å²) in [5, 5.41) is 8.77. The molecule has 1 saturated carbocycles. The summed E-state index contributed by atoms with van der Waals surface area (Å²) in [4.78, 5) is 23.2. The average molecular weight is 288 g/mol. The molecular formula is C15H20N4O2. The summed E-state index contributed by atoms with van der Waals surface area (Å²) in [5.41, 5.74) is 6.56. The molecule has 1 aromatic carbocycles. The minimum absolute atomic E-state index is 0.0770. The summed E-state index contributed by atoms with van der Waals surface area (Å²) in [7, 11) is 0. The maximum atomic E-state index is 12.3. The standard InChI is InChI=1S/C15H20N4O2/c16-14(21)19-11-3-1-2-10(8-11)18-13(20)12-9-15(12)4-6-17-7-5-15/h1-3,8,12,17H,4-7,9H2,(H,18,20)(H3,16,19,21). The minimum atomic E-state index is -0.616. The van der Waals surface area contributed by atoms with E-state index in [1.165, 1.54) is 0 Å². The van der Waals surface area contributed by atoms with E-state index in [9.17, 15) is 9.59 Å². The van der Waals surface area contributed by atoms with Crippen LogP contribution in [0.2, 0.25) is 0 Å². The highest BCUT2D eigenvalue weighted by molar-refractivity contribution is 5.96. The van der Waals surface area contributed by atoms with Crippen molar-refractivity contribution < 1.29 is 9.59 Å². The number of anilines is 2. The molecule has 6 heteroatoms. The van der Waals surface area contributed by atoms with Gasteiger partial charge in [-0.1, -0.05) is 6.07 Å². The summed E-state index contributed by atoms with van der Waals surface area (Å²) in [6, 6.07) is 6.40. The third-order valence-electron chi connectivity index (χ3n) is 4.50. The van der Waals surface area contributed by atoms with Crippen LogP contribution in [0.3, 0.4) is 0 Å². The molecule has 0 aromatic heterocycles. The third kappa shape index (κ3) is 3.00. The van der Waals surface area contributed by atoms with E-state index in [1.54, 1.807) is 18.2 Å². The number of piperidine rings is 1. The van der Waals surface area contributed by atoms with Crippen LogP contribution in [0.1, 0.15) is 19.3 Å². The number of nitrogens with one attached hydrogen (secondary N) is 3. The molecular weight excluding hydrogens is 268 g/mol. The summed E-state index contributed by atoms with van der Waals surface area (Å²) in [6.07, 6.45) is 3.14. The van der Waals surface area contributed by atoms with Crippen LogP contribution in [0.4, 0.5) is 16.2 Å². The van der Waals surface area contributed by atoms with Crippen molar-refractivity contribution in [2.45, 2.75) is 19.3 Å². The van der Waals surface area contributed by atoms with E-state index < -0.39 is 6.03 Å². The van der Waals surface area contributed by atoms with Crippen molar-refractivity contribution in [3.63, 3.8) is 0 Å². The van der Waals surface area contributed by atoms with Gasteiger partial charge in [-0.15, -0.1) is 0 Å². The molecule has 6 nitrogen and oxygen atoms in total. The first-order valence-electron chi connectivity index (χ1n) is 7.27. The third-order valence-corrected chi connectivity index (χ3v) is 4.50. The highest BCUT2D eigenvalue weighted by Gasteiger charge is 2.57. The largest absolute Gasteiger partial charge is 0.351 e. The first kappa shape index (κ1) is 13.9. The summed E-state index contributed by atoms with van der Waals surface area (Å²) in [5.74, 6) is 0.195. The molecule has 3 rings (SSSR count). The highest BCUT2D eigenvalue weighted by atomic mass is 16.2. The van der Waals surface area contributed by atoms with E-state index in [0.717, 1.165) is 32.4 Å². The molecule has 0 radical (unpaired) electrons. The number of benzene rings is 1. The van der Waals surface area contributed by atoms with Crippen molar-refractivity contribution in [1.29, 1.82) is 0 Å². The van der Waals surface area contributed by atoms with Crippen LogP contribution in [0.5, 0.6) is 0 Å². The first-order valence-corrected chi connectivity index (χ1v) is 7.27. The lowest BCUT2D eigenvalue weighted by Crippen LogP contribution is -2.31. The van der Waals surface area contributed by atoms with Crippen molar-refractivity contribution in [3.8, 4) is 0 Å². The summed E-state index contributed by atoms with van der Waals surface area (Å²) < 4.78 is 0. The number of amides is 3. The maximum Gasteiger partial charge on any atom is 0.316 e. The highest BCUT2D eigenvalue weighted by Crippen LogP contribution is 2.58. The van der Waals surface area contributed by atoms with Gasteiger partial charge in [0.2, 0.25) is 5.91 Å². The van der Waals surface area contributed by atoms with Crippen LogP contribution in [-0.4, -0.2) is 25.0 Å². The van der Waals surface area contributed by atoms with Crippen molar-refractivity contribution in [2.24, 2.45) is 17.1 Å². The number of hydrogen-bond donors (Lipinski definition) is 4. The number of urea groups is 1. The van der Waals surface area contributed by atoms with Gasteiger partial charge in [0.05, 0.1) is 0 Å². The number of hydrogen-bond acceptors (Lipinski definition) is 3. The normalized spacial score (nSPS) is 22.6. The predicted molar refractivity (Wildman–Crippen MR) is 80.9 cm³/mol. The Morgan fingerprint density at radius 2 is 1.86 bits per heavy atom. The molecule has 21 heavy (non-hydrogen) atoms. The maximum absolute atomic E-state index is 12.3. The SMILES string of the molecule is NC(=O)Nc1cccc(NC(=O)C2CC23CCNCC3)c1. The molecule has 1 spiro atoms. The molecule has 3 amide bonds.